The van der Waals surface area contributed by atoms with E-state index in [4.69, 9.17) is 0 Å². The summed E-state index contributed by atoms with van der Waals surface area (Å²) in [4.78, 5) is 20.0. The predicted molar refractivity (Wildman–Crippen MR) is 145 cm³/mol. The number of likely N-dealkylation sites (tertiary alicyclic amines) is 1. The summed E-state index contributed by atoms with van der Waals surface area (Å²) in [6.45, 7) is 9.30. The van der Waals surface area contributed by atoms with E-state index in [9.17, 15) is 4.79 Å². The van der Waals surface area contributed by atoms with Gasteiger partial charge in [-0.15, -0.1) is 0 Å². The van der Waals surface area contributed by atoms with Crippen molar-refractivity contribution in [1.29, 1.82) is 0 Å². The monoisotopic (exact) mass is 469 g/mol. The molecule has 0 saturated carbocycles. The molecule has 1 aliphatic heterocycles. The molecule has 0 aromatic heterocycles. The van der Waals surface area contributed by atoms with Crippen LogP contribution < -0.4 is 4.90 Å². The molecule has 0 radical (unpaired) electrons. The van der Waals surface area contributed by atoms with Crippen LogP contribution in [0.15, 0.2) is 91.0 Å². The lowest BCUT2D eigenvalue weighted by Crippen LogP contribution is -2.50. The lowest BCUT2D eigenvalue weighted by Gasteiger charge is -2.40. The molecule has 1 fully saturated rings. The largest absolute Gasteiger partial charge is 0.309 e. The summed E-state index contributed by atoms with van der Waals surface area (Å²) in [5, 5.41) is 0. The van der Waals surface area contributed by atoms with Gasteiger partial charge in [-0.05, 0) is 43.0 Å². The average molecular weight is 470 g/mol. The van der Waals surface area contributed by atoms with Gasteiger partial charge >= 0.3 is 0 Å². The maximum Gasteiger partial charge on any atom is 0.226 e. The third-order valence-electron chi connectivity index (χ3n) is 7.13. The molecular formula is C31H39N3O. The van der Waals surface area contributed by atoms with Gasteiger partial charge in [0, 0.05) is 56.9 Å². The van der Waals surface area contributed by atoms with Crippen molar-refractivity contribution in [3.05, 3.63) is 102 Å². The number of carbonyl (C=O) groups is 1. The molecule has 1 saturated heterocycles. The van der Waals surface area contributed by atoms with Crippen LogP contribution in [-0.2, 0) is 17.9 Å². The van der Waals surface area contributed by atoms with Gasteiger partial charge in [0.2, 0.25) is 5.91 Å². The zero-order valence-corrected chi connectivity index (χ0v) is 21.2. The Hall–Kier alpha value is -2.95. The Bertz CT molecular complexity index is 975. The Kier molecular flexibility index (Phi) is 9.10. The molecule has 4 heteroatoms. The smallest absolute Gasteiger partial charge is 0.226 e. The van der Waals surface area contributed by atoms with Gasteiger partial charge in [0.15, 0.2) is 0 Å². The van der Waals surface area contributed by atoms with Crippen LogP contribution in [-0.4, -0.2) is 47.4 Å². The molecule has 0 N–H and O–H groups in total. The van der Waals surface area contributed by atoms with Crippen LogP contribution in [0.1, 0.15) is 44.2 Å². The molecule has 184 valence electrons. The molecule has 3 aromatic carbocycles. The Balaban J connectivity index is 1.39. The minimum atomic E-state index is 0.222. The van der Waals surface area contributed by atoms with Crippen LogP contribution >= 0.6 is 0 Å². The van der Waals surface area contributed by atoms with Crippen LogP contribution in [0.4, 0.5) is 5.69 Å². The molecule has 3 aromatic rings. The van der Waals surface area contributed by atoms with Gasteiger partial charge < -0.3 is 9.80 Å². The fraction of sp³-hybridized carbons (Fsp3) is 0.387. The summed E-state index contributed by atoms with van der Waals surface area (Å²) >= 11 is 0. The van der Waals surface area contributed by atoms with Crippen LogP contribution in [0.2, 0.25) is 0 Å². The molecule has 0 aliphatic carbocycles. The van der Waals surface area contributed by atoms with E-state index in [1.807, 2.05) is 25.1 Å². The number of piperidine rings is 1. The first-order valence-electron chi connectivity index (χ1n) is 13.1. The third kappa shape index (κ3) is 7.03. The summed E-state index contributed by atoms with van der Waals surface area (Å²) in [5.41, 5.74) is 3.74. The first kappa shape index (κ1) is 25.2. The number of carbonyl (C=O) groups excluding carboxylic acids is 1. The minimum absolute atomic E-state index is 0.222. The lowest BCUT2D eigenvalue weighted by molar-refractivity contribution is -0.119. The molecule has 1 atom stereocenters. The van der Waals surface area contributed by atoms with Crippen molar-refractivity contribution in [2.75, 3.05) is 24.5 Å². The standard InChI is InChI=1S/C31H39N3O/c1-3-31(35)34(29-17-11-6-12-18-29)30-19-21-32(22-20-30)23-26(2)33(24-27-13-7-4-8-14-27)25-28-15-9-5-10-16-28/h4-18,26,30H,3,19-25H2,1-2H3. The van der Waals surface area contributed by atoms with E-state index in [-0.39, 0.29) is 11.9 Å². The number of benzene rings is 3. The second kappa shape index (κ2) is 12.7. The summed E-state index contributed by atoms with van der Waals surface area (Å²) in [6.07, 6.45) is 2.58. The number of nitrogens with zero attached hydrogens (tertiary/aromatic N) is 3. The number of para-hydroxylation sites is 1. The zero-order chi connectivity index (χ0) is 24.5. The van der Waals surface area contributed by atoms with Crippen LogP contribution in [0.25, 0.3) is 0 Å². The van der Waals surface area contributed by atoms with E-state index in [0.717, 1.165) is 51.3 Å². The highest BCUT2D eigenvalue weighted by atomic mass is 16.2. The predicted octanol–water partition coefficient (Wildman–Crippen LogP) is 5.98. The fourth-order valence-corrected chi connectivity index (χ4v) is 5.17. The molecule has 1 amide bonds. The Morgan fingerprint density at radius 2 is 1.31 bits per heavy atom. The molecule has 4 rings (SSSR count). The molecule has 0 spiro atoms. The minimum Gasteiger partial charge on any atom is -0.309 e. The summed E-state index contributed by atoms with van der Waals surface area (Å²) in [6, 6.07) is 32.4. The highest BCUT2D eigenvalue weighted by Crippen LogP contribution is 2.25. The van der Waals surface area contributed by atoms with Gasteiger partial charge in [0.1, 0.15) is 0 Å². The first-order chi connectivity index (χ1) is 17.1. The third-order valence-corrected chi connectivity index (χ3v) is 7.13. The fourth-order valence-electron chi connectivity index (χ4n) is 5.17. The second-order valence-electron chi connectivity index (χ2n) is 9.71. The molecular weight excluding hydrogens is 430 g/mol. The van der Waals surface area contributed by atoms with Crippen LogP contribution in [0, 0.1) is 0 Å². The Labute approximate surface area is 211 Å². The SMILES string of the molecule is CCC(=O)N(c1ccccc1)C1CCN(CC(C)N(Cc2ccccc2)Cc2ccccc2)CC1. The number of hydrogen-bond acceptors (Lipinski definition) is 3. The van der Waals surface area contributed by atoms with Crippen molar-refractivity contribution >= 4 is 11.6 Å². The maximum atomic E-state index is 12.8. The average Bonchev–Trinajstić information content (AvgIpc) is 2.91. The van der Waals surface area contributed by atoms with Gasteiger partial charge in [-0.1, -0.05) is 85.8 Å². The van der Waals surface area contributed by atoms with Crippen molar-refractivity contribution in [2.24, 2.45) is 0 Å². The van der Waals surface area contributed by atoms with E-state index in [0.29, 0.717) is 12.5 Å². The molecule has 0 bridgehead atoms. The quantitative estimate of drug-likeness (QED) is 0.365. The molecule has 1 unspecified atom stereocenters. The van der Waals surface area contributed by atoms with Crippen molar-refractivity contribution < 1.29 is 4.79 Å². The topological polar surface area (TPSA) is 26.8 Å². The van der Waals surface area contributed by atoms with Crippen molar-refractivity contribution in [3.8, 4) is 0 Å². The van der Waals surface area contributed by atoms with E-state index in [2.05, 4.69) is 94.4 Å². The van der Waals surface area contributed by atoms with Gasteiger partial charge in [-0.3, -0.25) is 9.69 Å². The van der Waals surface area contributed by atoms with Crippen molar-refractivity contribution in [1.82, 2.24) is 9.80 Å². The summed E-state index contributed by atoms with van der Waals surface area (Å²) < 4.78 is 0. The van der Waals surface area contributed by atoms with Crippen LogP contribution in [0.5, 0.6) is 0 Å². The highest BCUT2D eigenvalue weighted by molar-refractivity contribution is 5.93. The molecule has 1 heterocycles. The number of rotatable bonds is 10. The van der Waals surface area contributed by atoms with Gasteiger partial charge in [-0.25, -0.2) is 0 Å². The number of amides is 1. The zero-order valence-electron chi connectivity index (χ0n) is 21.2. The number of hydrogen-bond donors (Lipinski definition) is 0. The number of anilines is 1. The van der Waals surface area contributed by atoms with Crippen LogP contribution in [0.3, 0.4) is 0 Å². The second-order valence-corrected chi connectivity index (χ2v) is 9.71. The van der Waals surface area contributed by atoms with E-state index in [1.54, 1.807) is 0 Å². The maximum absolute atomic E-state index is 12.8. The van der Waals surface area contributed by atoms with E-state index >= 15 is 0 Å². The summed E-state index contributed by atoms with van der Waals surface area (Å²) in [5.74, 6) is 0.222. The van der Waals surface area contributed by atoms with Gasteiger partial charge in [-0.2, -0.15) is 0 Å². The lowest BCUT2D eigenvalue weighted by atomic mass is 10.0. The van der Waals surface area contributed by atoms with E-state index in [1.165, 1.54) is 11.1 Å². The first-order valence-corrected chi connectivity index (χ1v) is 13.1. The van der Waals surface area contributed by atoms with Crippen molar-refractivity contribution in [3.63, 3.8) is 0 Å². The van der Waals surface area contributed by atoms with Gasteiger partial charge in [0.25, 0.3) is 0 Å². The molecule has 35 heavy (non-hydrogen) atoms. The van der Waals surface area contributed by atoms with E-state index < -0.39 is 0 Å². The Morgan fingerprint density at radius 1 is 0.829 bits per heavy atom. The van der Waals surface area contributed by atoms with Gasteiger partial charge in [0.05, 0.1) is 0 Å². The normalized spacial score (nSPS) is 15.7. The highest BCUT2D eigenvalue weighted by Gasteiger charge is 2.29. The molecule has 1 aliphatic rings. The molecule has 4 nitrogen and oxygen atoms in total. The Morgan fingerprint density at radius 3 is 1.80 bits per heavy atom. The summed E-state index contributed by atoms with van der Waals surface area (Å²) in [7, 11) is 0. The van der Waals surface area contributed by atoms with Crippen molar-refractivity contribution in [2.45, 2.75) is 58.3 Å².